The fraction of sp³-hybridized carbons (Fsp3) is 0.444. The number of amides is 2. The number of anilines is 1. The summed E-state index contributed by atoms with van der Waals surface area (Å²) in [6, 6.07) is 7.53. The lowest BCUT2D eigenvalue weighted by molar-refractivity contribution is -0.122. The Labute approximate surface area is 170 Å². The molecule has 2 amide bonds. The van der Waals surface area contributed by atoms with Gasteiger partial charge in [-0.3, -0.25) is 9.59 Å². The predicted octanol–water partition coefficient (Wildman–Crippen LogP) is 3.92. The van der Waals surface area contributed by atoms with Crippen LogP contribution in [0.3, 0.4) is 0 Å². The fourth-order valence-corrected chi connectivity index (χ4v) is 4.13. The third kappa shape index (κ3) is 5.80. The summed E-state index contributed by atoms with van der Waals surface area (Å²) in [7, 11) is 0. The summed E-state index contributed by atoms with van der Waals surface area (Å²) in [6.07, 6.45) is 6.89. The molecule has 2 N–H and O–H groups in total. The molecule has 138 valence electrons. The highest BCUT2D eigenvalue weighted by atomic mass is 127. The van der Waals surface area contributed by atoms with E-state index in [1.54, 1.807) is 0 Å². The second-order valence-electron chi connectivity index (χ2n) is 6.34. The highest BCUT2D eigenvalue weighted by Crippen LogP contribution is 2.24. The second-order valence-corrected chi connectivity index (χ2v) is 8.78. The lowest BCUT2D eigenvalue weighted by Crippen LogP contribution is -2.28. The number of hydrogen-bond acceptors (Lipinski definition) is 5. The van der Waals surface area contributed by atoms with Gasteiger partial charge in [0.25, 0.3) is 0 Å². The third-order valence-electron chi connectivity index (χ3n) is 4.24. The average molecular weight is 484 g/mol. The van der Waals surface area contributed by atoms with Crippen molar-refractivity contribution in [1.29, 1.82) is 0 Å². The molecule has 0 spiro atoms. The molecule has 0 unspecified atom stereocenters. The van der Waals surface area contributed by atoms with E-state index in [2.05, 4.69) is 43.4 Å². The Morgan fingerprint density at radius 2 is 1.85 bits per heavy atom. The van der Waals surface area contributed by atoms with Gasteiger partial charge in [-0.1, -0.05) is 24.6 Å². The molecule has 3 rings (SSSR count). The lowest BCUT2D eigenvalue weighted by atomic mass is 10.2. The van der Waals surface area contributed by atoms with Crippen LogP contribution < -0.4 is 10.6 Å². The number of nitrogens with zero attached hydrogens (tertiary/aromatic N) is 2. The molecule has 0 radical (unpaired) electrons. The van der Waals surface area contributed by atoms with Crippen molar-refractivity contribution >= 4 is 62.7 Å². The van der Waals surface area contributed by atoms with E-state index in [1.165, 1.54) is 24.6 Å². The Morgan fingerprint density at radius 1 is 1.15 bits per heavy atom. The Hall–Kier alpha value is -1.42. The molecular formula is C18H21IN4O2S. The van der Waals surface area contributed by atoms with Gasteiger partial charge in [0.1, 0.15) is 5.25 Å². The Kier molecular flexibility index (Phi) is 7.07. The van der Waals surface area contributed by atoms with Gasteiger partial charge in [-0.2, -0.15) is 5.10 Å². The van der Waals surface area contributed by atoms with Gasteiger partial charge in [0.2, 0.25) is 11.8 Å². The molecule has 2 fully saturated rings. The average Bonchev–Trinajstić information content (AvgIpc) is 2.82. The van der Waals surface area contributed by atoms with E-state index in [0.29, 0.717) is 5.17 Å². The molecule has 1 saturated heterocycles. The van der Waals surface area contributed by atoms with Crippen LogP contribution in [0.25, 0.3) is 0 Å². The normalized spacial score (nSPS) is 22.0. The van der Waals surface area contributed by atoms with Crippen molar-refractivity contribution in [2.45, 2.75) is 50.2 Å². The SMILES string of the molecule is O=C(C[C@@H]1S/C(=N/N=C2CCCCCC2)NC1=O)Nc1ccc(I)cc1. The molecule has 0 aromatic heterocycles. The zero-order valence-corrected chi connectivity index (χ0v) is 17.3. The van der Waals surface area contributed by atoms with Crippen LogP contribution in [0.2, 0.25) is 0 Å². The Morgan fingerprint density at radius 3 is 2.54 bits per heavy atom. The van der Waals surface area contributed by atoms with Gasteiger partial charge < -0.3 is 10.6 Å². The minimum Gasteiger partial charge on any atom is -0.326 e. The van der Waals surface area contributed by atoms with Crippen LogP contribution in [0.15, 0.2) is 34.5 Å². The van der Waals surface area contributed by atoms with Gasteiger partial charge >= 0.3 is 0 Å². The molecule has 1 aliphatic carbocycles. The molecule has 1 aromatic rings. The van der Waals surface area contributed by atoms with Crippen LogP contribution in [0, 0.1) is 3.57 Å². The summed E-state index contributed by atoms with van der Waals surface area (Å²) in [6.45, 7) is 0. The summed E-state index contributed by atoms with van der Waals surface area (Å²) >= 11 is 3.48. The van der Waals surface area contributed by atoms with Crippen molar-refractivity contribution in [3.05, 3.63) is 27.8 Å². The van der Waals surface area contributed by atoms with Crippen molar-refractivity contribution in [2.24, 2.45) is 10.2 Å². The maximum Gasteiger partial charge on any atom is 0.240 e. The molecule has 0 bridgehead atoms. The van der Waals surface area contributed by atoms with Crippen molar-refractivity contribution < 1.29 is 9.59 Å². The molecule has 6 nitrogen and oxygen atoms in total. The first-order valence-electron chi connectivity index (χ1n) is 8.76. The van der Waals surface area contributed by atoms with Gasteiger partial charge in [0.05, 0.1) is 0 Å². The molecule has 1 atom stereocenters. The number of carbonyl (C=O) groups excluding carboxylic acids is 2. The second kappa shape index (κ2) is 9.50. The first-order valence-corrected chi connectivity index (χ1v) is 10.7. The molecule has 2 aliphatic rings. The van der Waals surface area contributed by atoms with Gasteiger partial charge in [0.15, 0.2) is 5.17 Å². The molecular weight excluding hydrogens is 463 g/mol. The maximum absolute atomic E-state index is 12.2. The minimum absolute atomic E-state index is 0.109. The quantitative estimate of drug-likeness (QED) is 0.386. The largest absolute Gasteiger partial charge is 0.326 e. The van der Waals surface area contributed by atoms with Crippen LogP contribution in [-0.2, 0) is 9.59 Å². The Bertz CT molecular complexity index is 723. The van der Waals surface area contributed by atoms with Gasteiger partial charge in [0, 0.05) is 21.4 Å². The number of carbonyl (C=O) groups is 2. The highest BCUT2D eigenvalue weighted by molar-refractivity contribution is 14.1. The lowest BCUT2D eigenvalue weighted by Gasteiger charge is -2.07. The minimum atomic E-state index is -0.466. The number of halogens is 1. The number of nitrogens with one attached hydrogen (secondary N) is 2. The van der Waals surface area contributed by atoms with E-state index in [4.69, 9.17) is 0 Å². The van der Waals surface area contributed by atoms with Crippen LogP contribution in [0.4, 0.5) is 5.69 Å². The van der Waals surface area contributed by atoms with Crippen LogP contribution in [-0.4, -0.2) is 27.9 Å². The molecule has 8 heteroatoms. The summed E-state index contributed by atoms with van der Waals surface area (Å²) in [5.74, 6) is -0.372. The topological polar surface area (TPSA) is 82.9 Å². The number of amidine groups is 1. The molecule has 1 heterocycles. The number of benzene rings is 1. The van der Waals surface area contributed by atoms with Crippen LogP contribution in [0.1, 0.15) is 44.9 Å². The fourth-order valence-electron chi connectivity index (χ4n) is 2.85. The van der Waals surface area contributed by atoms with Crippen LogP contribution >= 0.6 is 34.4 Å². The monoisotopic (exact) mass is 484 g/mol. The zero-order chi connectivity index (χ0) is 18.4. The summed E-state index contributed by atoms with van der Waals surface area (Å²) in [5.41, 5.74) is 1.83. The van der Waals surface area contributed by atoms with Gasteiger partial charge in [-0.25, -0.2) is 0 Å². The molecule has 26 heavy (non-hydrogen) atoms. The van der Waals surface area contributed by atoms with E-state index in [0.717, 1.165) is 40.7 Å². The number of thioether (sulfide) groups is 1. The molecule has 1 saturated carbocycles. The van der Waals surface area contributed by atoms with Crippen LogP contribution in [0.5, 0.6) is 0 Å². The molecule has 1 aromatic carbocycles. The van der Waals surface area contributed by atoms with E-state index in [-0.39, 0.29) is 18.2 Å². The maximum atomic E-state index is 12.2. The van der Waals surface area contributed by atoms with Crippen molar-refractivity contribution in [2.75, 3.05) is 5.32 Å². The van der Waals surface area contributed by atoms with Gasteiger partial charge in [-0.05, 0) is 72.5 Å². The standard InChI is InChI=1S/C18H21IN4O2S/c19-12-7-9-13(10-8-12)20-16(24)11-15-17(25)21-18(26-15)23-22-14-5-3-1-2-4-6-14/h7-10,15H,1-6,11H2,(H,20,24)(H,21,23,25)/t15-/m0/s1. The van der Waals surface area contributed by atoms with Gasteiger partial charge in [-0.15, -0.1) is 5.10 Å². The van der Waals surface area contributed by atoms with E-state index < -0.39 is 5.25 Å². The van der Waals surface area contributed by atoms with Crippen molar-refractivity contribution in [3.8, 4) is 0 Å². The Balaban J connectivity index is 1.53. The number of hydrogen-bond donors (Lipinski definition) is 2. The first kappa shape index (κ1) is 19.3. The zero-order valence-electron chi connectivity index (χ0n) is 14.3. The molecule has 1 aliphatic heterocycles. The summed E-state index contributed by atoms with van der Waals surface area (Å²) in [5, 5.41) is 14.1. The van der Waals surface area contributed by atoms with Crippen molar-refractivity contribution in [1.82, 2.24) is 5.32 Å². The third-order valence-corrected chi connectivity index (χ3v) is 6.03. The van der Waals surface area contributed by atoms with E-state index >= 15 is 0 Å². The predicted molar refractivity (Wildman–Crippen MR) is 114 cm³/mol. The first-order chi connectivity index (χ1) is 12.6. The van der Waals surface area contributed by atoms with E-state index in [9.17, 15) is 9.59 Å². The van der Waals surface area contributed by atoms with E-state index in [1.807, 2.05) is 24.3 Å². The summed E-state index contributed by atoms with van der Waals surface area (Å²) < 4.78 is 1.10. The number of rotatable bonds is 4. The van der Waals surface area contributed by atoms with Crippen molar-refractivity contribution in [3.63, 3.8) is 0 Å². The highest BCUT2D eigenvalue weighted by Gasteiger charge is 2.32. The smallest absolute Gasteiger partial charge is 0.240 e. The summed E-state index contributed by atoms with van der Waals surface area (Å²) in [4.78, 5) is 24.3.